The molecule has 0 unspecified atom stereocenters. The maximum atomic E-state index is 12.7. The van der Waals surface area contributed by atoms with Gasteiger partial charge in [-0.25, -0.2) is 4.98 Å². The summed E-state index contributed by atoms with van der Waals surface area (Å²) in [5, 5.41) is 0. The van der Waals surface area contributed by atoms with Gasteiger partial charge in [0.25, 0.3) is 0 Å². The molecule has 0 N–H and O–H groups in total. The smallest absolute Gasteiger partial charge is 0.316 e. The fourth-order valence-electron chi connectivity index (χ4n) is 3.42. The van der Waals surface area contributed by atoms with Gasteiger partial charge in [-0.1, -0.05) is 18.2 Å². The van der Waals surface area contributed by atoms with Crippen LogP contribution in [0.2, 0.25) is 0 Å². The first-order valence-corrected chi connectivity index (χ1v) is 9.92. The van der Waals surface area contributed by atoms with E-state index in [0.29, 0.717) is 42.7 Å². The number of aromatic nitrogens is 1. The summed E-state index contributed by atoms with van der Waals surface area (Å²) in [7, 11) is 0. The number of nitrogens with zero attached hydrogens (tertiary/aromatic N) is 3. The molecule has 0 bridgehead atoms. The molecule has 1 fully saturated rings. The highest BCUT2D eigenvalue weighted by Crippen LogP contribution is 2.25. The van der Waals surface area contributed by atoms with E-state index in [4.69, 9.17) is 9.15 Å². The zero-order valence-corrected chi connectivity index (χ0v) is 17.0. The number of hydrogen-bond donors (Lipinski definition) is 0. The van der Waals surface area contributed by atoms with Crippen molar-refractivity contribution in [1.29, 1.82) is 0 Å². The Kier molecular flexibility index (Phi) is 5.52. The molecule has 0 aliphatic carbocycles. The largest absolute Gasteiger partial charge is 0.494 e. The lowest BCUT2D eigenvalue weighted by Crippen LogP contribution is -2.54. The monoisotopic (exact) mass is 405 g/mol. The Morgan fingerprint density at radius 1 is 1.00 bits per heavy atom. The zero-order chi connectivity index (χ0) is 21.1. The summed E-state index contributed by atoms with van der Waals surface area (Å²) < 4.78 is 11.2. The fourth-order valence-corrected chi connectivity index (χ4v) is 3.42. The van der Waals surface area contributed by atoms with E-state index in [2.05, 4.69) is 4.98 Å². The number of aryl methyl sites for hydroxylation is 1. The molecule has 1 aromatic heterocycles. The van der Waals surface area contributed by atoms with Crippen molar-refractivity contribution in [2.45, 2.75) is 20.4 Å². The first kappa shape index (κ1) is 19.7. The second-order valence-electron chi connectivity index (χ2n) is 7.00. The van der Waals surface area contributed by atoms with E-state index >= 15 is 0 Å². The SMILES string of the molecule is CCOc1ccc(N2CCN(Cc3nc(-c4ccccc4)oc3C)C(=O)C2=O)cc1. The highest BCUT2D eigenvalue weighted by atomic mass is 16.5. The number of rotatable bonds is 6. The lowest BCUT2D eigenvalue weighted by molar-refractivity contribution is -0.146. The second kappa shape index (κ2) is 8.41. The predicted molar refractivity (Wildman–Crippen MR) is 112 cm³/mol. The summed E-state index contributed by atoms with van der Waals surface area (Å²) in [6.45, 7) is 5.38. The number of hydrogen-bond acceptors (Lipinski definition) is 5. The minimum absolute atomic E-state index is 0.240. The van der Waals surface area contributed by atoms with Gasteiger partial charge in [0.05, 0.1) is 13.2 Å². The Labute approximate surface area is 174 Å². The van der Waals surface area contributed by atoms with Crippen LogP contribution in [0.4, 0.5) is 5.69 Å². The number of ether oxygens (including phenoxy) is 1. The number of carbonyl (C=O) groups is 2. The lowest BCUT2D eigenvalue weighted by atomic mass is 10.2. The van der Waals surface area contributed by atoms with Crippen LogP contribution in [0.5, 0.6) is 5.75 Å². The van der Waals surface area contributed by atoms with Gasteiger partial charge in [0, 0.05) is 24.3 Å². The van der Waals surface area contributed by atoms with Gasteiger partial charge in [0.2, 0.25) is 5.89 Å². The van der Waals surface area contributed by atoms with Crippen LogP contribution in [0.15, 0.2) is 59.0 Å². The van der Waals surface area contributed by atoms with Gasteiger partial charge in [-0.05, 0) is 50.2 Å². The van der Waals surface area contributed by atoms with Gasteiger partial charge in [-0.15, -0.1) is 0 Å². The summed E-state index contributed by atoms with van der Waals surface area (Å²) in [5.74, 6) is 0.793. The van der Waals surface area contributed by atoms with E-state index in [0.717, 1.165) is 11.3 Å². The maximum Gasteiger partial charge on any atom is 0.316 e. The molecule has 0 spiro atoms. The van der Waals surface area contributed by atoms with Gasteiger partial charge in [-0.3, -0.25) is 9.59 Å². The molecule has 0 radical (unpaired) electrons. The molecule has 7 heteroatoms. The minimum Gasteiger partial charge on any atom is -0.494 e. The maximum absolute atomic E-state index is 12.7. The van der Waals surface area contributed by atoms with E-state index in [1.165, 1.54) is 9.80 Å². The van der Waals surface area contributed by atoms with Crippen molar-refractivity contribution < 1.29 is 18.7 Å². The van der Waals surface area contributed by atoms with E-state index in [1.54, 1.807) is 24.3 Å². The van der Waals surface area contributed by atoms with Crippen LogP contribution in [0.1, 0.15) is 18.4 Å². The Balaban J connectivity index is 1.46. The summed E-state index contributed by atoms with van der Waals surface area (Å²) in [6, 6.07) is 16.8. The number of benzene rings is 2. The lowest BCUT2D eigenvalue weighted by Gasteiger charge is -2.33. The first-order chi connectivity index (χ1) is 14.6. The van der Waals surface area contributed by atoms with E-state index in [9.17, 15) is 9.59 Å². The van der Waals surface area contributed by atoms with Gasteiger partial charge in [0.1, 0.15) is 17.2 Å². The summed E-state index contributed by atoms with van der Waals surface area (Å²) in [4.78, 5) is 33.0. The molecule has 30 heavy (non-hydrogen) atoms. The fraction of sp³-hybridized carbons (Fsp3) is 0.261. The highest BCUT2D eigenvalue weighted by molar-refractivity contribution is 6.40. The van der Waals surface area contributed by atoms with Gasteiger partial charge in [-0.2, -0.15) is 0 Å². The van der Waals surface area contributed by atoms with Crippen molar-refractivity contribution in [2.24, 2.45) is 0 Å². The van der Waals surface area contributed by atoms with Crippen LogP contribution in [0, 0.1) is 6.92 Å². The topological polar surface area (TPSA) is 75.9 Å². The van der Waals surface area contributed by atoms with Crippen molar-refractivity contribution in [3.63, 3.8) is 0 Å². The average Bonchev–Trinajstić information content (AvgIpc) is 3.13. The summed E-state index contributed by atoms with van der Waals surface area (Å²) >= 11 is 0. The summed E-state index contributed by atoms with van der Waals surface area (Å²) in [6.07, 6.45) is 0. The normalized spacial score (nSPS) is 14.3. The molecule has 1 saturated heterocycles. The van der Waals surface area contributed by atoms with Gasteiger partial charge < -0.3 is 19.0 Å². The number of anilines is 1. The van der Waals surface area contributed by atoms with Crippen molar-refractivity contribution in [3.8, 4) is 17.2 Å². The second-order valence-corrected chi connectivity index (χ2v) is 7.00. The number of amides is 2. The van der Waals surface area contributed by atoms with Crippen LogP contribution in [0.3, 0.4) is 0 Å². The molecule has 0 atom stereocenters. The van der Waals surface area contributed by atoms with Crippen molar-refractivity contribution in [3.05, 3.63) is 66.1 Å². The number of carbonyl (C=O) groups excluding carboxylic acids is 2. The predicted octanol–water partition coefficient (Wildman–Crippen LogP) is 3.42. The van der Waals surface area contributed by atoms with Gasteiger partial charge >= 0.3 is 11.8 Å². The van der Waals surface area contributed by atoms with Crippen LogP contribution in [-0.4, -0.2) is 41.4 Å². The molecular formula is C23H23N3O4. The van der Waals surface area contributed by atoms with Crippen LogP contribution < -0.4 is 9.64 Å². The van der Waals surface area contributed by atoms with Crippen molar-refractivity contribution in [2.75, 3.05) is 24.6 Å². The first-order valence-electron chi connectivity index (χ1n) is 9.92. The Bertz CT molecular complexity index is 1040. The molecule has 2 aromatic carbocycles. The quantitative estimate of drug-likeness (QED) is 0.588. The molecule has 7 nitrogen and oxygen atoms in total. The molecule has 3 aromatic rings. The standard InChI is InChI=1S/C23H23N3O4/c1-3-29-19-11-9-18(10-12-19)26-14-13-25(22(27)23(26)28)15-20-16(2)30-21(24-20)17-7-5-4-6-8-17/h4-12H,3,13-15H2,1-2H3. The van der Waals surface area contributed by atoms with Gasteiger partial charge in [0.15, 0.2) is 0 Å². The molecule has 154 valence electrons. The van der Waals surface area contributed by atoms with Crippen molar-refractivity contribution >= 4 is 17.5 Å². The molecule has 4 rings (SSSR count). The Hall–Kier alpha value is -3.61. The molecule has 2 heterocycles. The third-order valence-electron chi connectivity index (χ3n) is 5.02. The molecular weight excluding hydrogens is 382 g/mol. The third-order valence-corrected chi connectivity index (χ3v) is 5.02. The zero-order valence-electron chi connectivity index (χ0n) is 17.0. The Morgan fingerprint density at radius 3 is 2.43 bits per heavy atom. The molecule has 1 aliphatic rings. The van der Waals surface area contributed by atoms with E-state index < -0.39 is 11.8 Å². The van der Waals surface area contributed by atoms with Crippen molar-refractivity contribution in [1.82, 2.24) is 9.88 Å². The minimum atomic E-state index is -0.546. The Morgan fingerprint density at radius 2 is 1.73 bits per heavy atom. The molecule has 2 amide bonds. The van der Waals surface area contributed by atoms with Crippen LogP contribution in [-0.2, 0) is 16.1 Å². The number of oxazole rings is 1. The molecule has 1 aliphatic heterocycles. The van der Waals surface area contributed by atoms with Crippen LogP contribution >= 0.6 is 0 Å². The molecule has 0 saturated carbocycles. The number of piperazine rings is 1. The summed E-state index contributed by atoms with van der Waals surface area (Å²) in [5.41, 5.74) is 2.21. The highest BCUT2D eigenvalue weighted by Gasteiger charge is 2.34. The van der Waals surface area contributed by atoms with Crippen LogP contribution in [0.25, 0.3) is 11.5 Å². The third kappa shape index (κ3) is 3.91. The van der Waals surface area contributed by atoms with E-state index in [-0.39, 0.29) is 6.54 Å². The van der Waals surface area contributed by atoms with E-state index in [1.807, 2.05) is 44.2 Å². The average molecular weight is 405 g/mol.